The zero-order chi connectivity index (χ0) is 86.9. The Hall–Kier alpha value is -16.3. The first-order valence-corrected chi connectivity index (χ1v) is 44.0. The Morgan fingerprint density at radius 1 is 0.163 bits per heavy atom. The quantitative estimate of drug-likeness (QED) is 0.117. The van der Waals surface area contributed by atoms with Crippen LogP contribution in [-0.2, 0) is 16.2 Å². The summed E-state index contributed by atoms with van der Waals surface area (Å²) in [6, 6.07) is 143. The first-order valence-electron chi connectivity index (χ1n) is 44.0. The summed E-state index contributed by atoms with van der Waals surface area (Å²) < 4.78 is 0. The Kier molecular flexibility index (Phi) is 19.7. The van der Waals surface area contributed by atoms with Gasteiger partial charge in [0.05, 0.1) is 56.4 Å². The number of pyridine rings is 3. The molecular weight excluding hydrogens is 1570 g/mol. The van der Waals surface area contributed by atoms with Gasteiger partial charge in [0.2, 0.25) is 0 Å². The second-order valence-electron chi connectivity index (χ2n) is 34.9. The van der Waals surface area contributed by atoms with Gasteiger partial charge >= 0.3 is 0 Å². The van der Waals surface area contributed by atoms with Crippen LogP contribution in [0.4, 0.5) is 0 Å². The molecule has 0 saturated heterocycles. The molecule has 6 aromatic heterocycles. The van der Waals surface area contributed by atoms with Crippen LogP contribution in [0.3, 0.4) is 0 Å². The van der Waals surface area contributed by atoms with Gasteiger partial charge in [0, 0.05) is 99.2 Å². The molecule has 0 N–H and O–H groups in total. The Bertz CT molecular complexity index is 6970. The van der Waals surface area contributed by atoms with Crippen LogP contribution in [0.25, 0.3) is 202 Å². The van der Waals surface area contributed by atoms with Crippen molar-refractivity contribution in [3.05, 3.63) is 446 Å². The van der Waals surface area contributed by atoms with E-state index in [0.29, 0.717) is 23.3 Å². The third kappa shape index (κ3) is 14.2. The van der Waals surface area contributed by atoms with E-state index in [1.165, 1.54) is 88.7 Å². The van der Waals surface area contributed by atoms with Crippen LogP contribution in [0.2, 0.25) is 0 Å². The molecule has 15 aromatic carbocycles. The van der Waals surface area contributed by atoms with Crippen LogP contribution in [0, 0.1) is 0 Å². The number of para-hydroxylation sites is 3. The Labute approximate surface area is 750 Å². The summed E-state index contributed by atoms with van der Waals surface area (Å²) in [5, 5.41) is 3.51. The van der Waals surface area contributed by atoms with Crippen molar-refractivity contribution in [3.63, 3.8) is 0 Å². The number of nitrogens with zero attached hydrogens (tertiary/aromatic N) is 10. The molecule has 10 nitrogen and oxygen atoms in total. The molecule has 612 valence electrons. The molecule has 0 saturated carbocycles. The number of hydrogen-bond donors (Lipinski definition) is 0. The van der Waals surface area contributed by atoms with Crippen LogP contribution >= 0.6 is 0 Å². The molecule has 0 fully saturated rings. The SMILES string of the molecule is CC1(C)c2ccccc2-c2nc3ccccc3c(-c3ccc(-c4cc(-c5ccccc5)nc(-c5ccccc5)n4)cc3)c21.CC1(C)c2ccccc2-c2nc3ccccc3c(-c3ccc(-c4nc(-c5ccccc5)cc(-c5ccccc5)n4)cc3)c21.CC1(C)c2ccccc2-c2nc3ccccc3c(-c3ccc(-c4nc(-c5ccccc5)nc(-c5ccccc5)n4)cc3)c21. The van der Waals surface area contributed by atoms with Gasteiger partial charge in [-0.25, -0.2) is 49.8 Å². The second-order valence-corrected chi connectivity index (χ2v) is 34.9. The molecule has 0 spiro atoms. The van der Waals surface area contributed by atoms with Crippen molar-refractivity contribution < 1.29 is 0 Å². The lowest BCUT2D eigenvalue weighted by atomic mass is 9.78. The maximum absolute atomic E-state index is 5.20. The minimum Gasteiger partial charge on any atom is -0.247 e. The molecule has 3 aliphatic rings. The van der Waals surface area contributed by atoms with Gasteiger partial charge in [-0.2, -0.15) is 0 Å². The molecular formula is C119H86N10. The number of rotatable bonds is 12. The average Bonchev–Trinajstić information content (AvgIpc) is 1.56. The number of hydrogen-bond acceptors (Lipinski definition) is 10. The molecule has 6 heterocycles. The van der Waals surface area contributed by atoms with E-state index in [1.807, 2.05) is 133 Å². The largest absolute Gasteiger partial charge is 0.247 e. The number of benzene rings is 15. The normalized spacial score (nSPS) is 13.1. The molecule has 21 aromatic rings. The van der Waals surface area contributed by atoms with Crippen LogP contribution in [-0.4, -0.2) is 49.8 Å². The zero-order valence-corrected chi connectivity index (χ0v) is 72.2. The third-order valence-corrected chi connectivity index (χ3v) is 25.8. The maximum atomic E-state index is 5.20. The first kappa shape index (κ1) is 78.7. The van der Waals surface area contributed by atoms with Crippen LogP contribution < -0.4 is 0 Å². The fourth-order valence-corrected chi connectivity index (χ4v) is 19.5. The minimum atomic E-state index is -0.180. The lowest BCUT2D eigenvalue weighted by Crippen LogP contribution is -2.16. The van der Waals surface area contributed by atoms with Crippen molar-refractivity contribution in [2.75, 3.05) is 0 Å². The van der Waals surface area contributed by atoms with E-state index in [4.69, 9.17) is 49.8 Å². The molecule has 0 atom stereocenters. The minimum absolute atomic E-state index is 0.168. The van der Waals surface area contributed by atoms with E-state index in [9.17, 15) is 0 Å². The summed E-state index contributed by atoms with van der Waals surface area (Å²) in [6.07, 6.45) is 0. The van der Waals surface area contributed by atoms with Gasteiger partial charge in [-0.05, 0) is 97.1 Å². The van der Waals surface area contributed by atoms with Crippen LogP contribution in [0.15, 0.2) is 413 Å². The Morgan fingerprint density at radius 2 is 0.357 bits per heavy atom. The van der Waals surface area contributed by atoms with E-state index < -0.39 is 0 Å². The van der Waals surface area contributed by atoms with Crippen molar-refractivity contribution in [2.24, 2.45) is 0 Å². The molecule has 10 heteroatoms. The monoisotopic (exact) mass is 1650 g/mol. The van der Waals surface area contributed by atoms with Crippen molar-refractivity contribution in [3.8, 4) is 169 Å². The lowest BCUT2D eigenvalue weighted by molar-refractivity contribution is 0.661. The van der Waals surface area contributed by atoms with Gasteiger partial charge < -0.3 is 0 Å². The fraction of sp³-hybridized carbons (Fsp3) is 0.0756. The number of aromatic nitrogens is 10. The summed E-state index contributed by atoms with van der Waals surface area (Å²) >= 11 is 0. The van der Waals surface area contributed by atoms with Gasteiger partial charge in [0.15, 0.2) is 29.1 Å². The fourth-order valence-electron chi connectivity index (χ4n) is 19.5. The smallest absolute Gasteiger partial charge is 0.164 e. The standard InChI is InChI=1S/2C40H29N3.C39H28N4/c1-40(2)32-19-11-9-17-30(32)38-37(40)36(31-18-10-12-20-33(31)41-38)28-23-21-27(22-24-28)35-25-34(26-13-5-3-6-14-26)42-39(43-35)29-15-7-4-8-16-29;1-40(2)32-19-11-9-17-30(32)38-37(40)36(31-18-10-12-20-33(31)41-38)28-21-23-29(24-22-28)39-42-34(26-13-5-3-6-14-26)25-35(43-39)27-15-7-4-8-16-27;1-39(2)31-19-11-9-17-29(31)35-34(39)33(30-18-10-12-20-32(30)40-35)25-21-23-28(24-22-25)38-42-36(26-13-5-3-6-14-26)41-37(43-38)27-15-7-4-8-16-27/h2*3-25H,1-2H3;3-24H,1-2H3. The summed E-state index contributed by atoms with van der Waals surface area (Å²) in [6.45, 7) is 13.9. The first-order chi connectivity index (χ1) is 63.2. The predicted molar refractivity (Wildman–Crippen MR) is 528 cm³/mol. The highest BCUT2D eigenvalue weighted by Crippen LogP contribution is 2.57. The molecule has 129 heavy (non-hydrogen) atoms. The van der Waals surface area contributed by atoms with Crippen molar-refractivity contribution in [2.45, 2.75) is 57.8 Å². The summed E-state index contributed by atoms with van der Waals surface area (Å²) in [5.74, 6) is 3.40. The lowest BCUT2D eigenvalue weighted by Gasteiger charge is -2.25. The van der Waals surface area contributed by atoms with Crippen molar-refractivity contribution in [1.82, 2.24) is 49.8 Å². The molecule has 0 unspecified atom stereocenters. The number of fused-ring (bicyclic) bond motifs is 12. The molecule has 0 amide bonds. The topological polar surface area (TPSA) is 129 Å². The van der Waals surface area contributed by atoms with Crippen molar-refractivity contribution >= 4 is 32.7 Å². The average molecular weight is 1660 g/mol. The van der Waals surface area contributed by atoms with E-state index in [1.54, 1.807) is 0 Å². The molecule has 24 rings (SSSR count). The third-order valence-electron chi connectivity index (χ3n) is 25.8. The Balaban J connectivity index is 0.000000114. The van der Waals surface area contributed by atoms with Gasteiger partial charge in [-0.15, -0.1) is 0 Å². The zero-order valence-electron chi connectivity index (χ0n) is 72.2. The van der Waals surface area contributed by atoms with Crippen LogP contribution in [0.1, 0.15) is 74.9 Å². The highest BCUT2D eigenvalue weighted by molar-refractivity contribution is 6.06. The van der Waals surface area contributed by atoms with Crippen LogP contribution in [0.5, 0.6) is 0 Å². The van der Waals surface area contributed by atoms with E-state index in [-0.39, 0.29) is 16.2 Å². The van der Waals surface area contributed by atoms with Gasteiger partial charge in [0.25, 0.3) is 0 Å². The molecule has 0 bridgehead atoms. The predicted octanol–water partition coefficient (Wildman–Crippen LogP) is 29.4. The van der Waals surface area contributed by atoms with Gasteiger partial charge in [-0.3, -0.25) is 0 Å². The molecule has 0 radical (unpaired) electrons. The highest BCUT2D eigenvalue weighted by Gasteiger charge is 2.43. The second kappa shape index (κ2) is 32.4. The molecule has 3 aliphatic carbocycles. The van der Waals surface area contributed by atoms with Gasteiger partial charge in [-0.1, -0.05) is 424 Å². The van der Waals surface area contributed by atoms with E-state index >= 15 is 0 Å². The highest BCUT2D eigenvalue weighted by atomic mass is 15.0. The Morgan fingerprint density at radius 3 is 0.628 bits per heavy atom. The van der Waals surface area contributed by atoms with Gasteiger partial charge in [0.1, 0.15) is 0 Å². The summed E-state index contributed by atoms with van der Waals surface area (Å²) in [4.78, 5) is 50.4. The summed E-state index contributed by atoms with van der Waals surface area (Å²) in [7, 11) is 0. The van der Waals surface area contributed by atoms with Crippen molar-refractivity contribution in [1.29, 1.82) is 0 Å². The van der Waals surface area contributed by atoms with E-state index in [2.05, 4.69) is 321 Å². The van der Waals surface area contributed by atoms with E-state index in [0.717, 1.165) is 123 Å². The molecule has 0 aliphatic heterocycles. The summed E-state index contributed by atoms with van der Waals surface area (Å²) in [5.41, 5.74) is 37.2. The maximum Gasteiger partial charge on any atom is 0.164 e.